The monoisotopic (exact) mass is 288 g/mol. The second-order valence-corrected chi connectivity index (χ2v) is 5.16. The average molecular weight is 288 g/mol. The molecule has 106 valence electrons. The fourth-order valence-electron chi connectivity index (χ4n) is 2.81. The summed E-state index contributed by atoms with van der Waals surface area (Å²) < 4.78 is 5.87. The molecule has 4 rings (SSSR count). The van der Waals surface area contributed by atoms with Gasteiger partial charge in [-0.3, -0.25) is 0 Å². The van der Waals surface area contributed by atoms with E-state index in [1.807, 2.05) is 54.6 Å². The third kappa shape index (κ3) is 1.87. The predicted molar refractivity (Wildman–Crippen MR) is 86.1 cm³/mol. The average Bonchev–Trinajstić information content (AvgIpc) is 2.92. The number of fused-ring (bicyclic) bond motifs is 3. The third-order valence-corrected chi connectivity index (χ3v) is 3.85. The van der Waals surface area contributed by atoms with E-state index in [2.05, 4.69) is 0 Å². The first-order valence-electron chi connectivity index (χ1n) is 6.98. The second kappa shape index (κ2) is 4.74. The van der Waals surface area contributed by atoms with Crippen molar-refractivity contribution < 1.29 is 14.3 Å². The molecule has 0 aliphatic carbocycles. The molecule has 0 saturated carbocycles. The predicted octanol–water partition coefficient (Wildman–Crippen LogP) is 4.95. The first-order chi connectivity index (χ1) is 10.7. The van der Waals surface area contributed by atoms with Crippen LogP contribution in [-0.4, -0.2) is 11.1 Å². The highest BCUT2D eigenvalue weighted by Crippen LogP contribution is 2.33. The number of benzene rings is 3. The molecule has 0 amide bonds. The number of hydrogen-bond donors (Lipinski definition) is 1. The summed E-state index contributed by atoms with van der Waals surface area (Å²) in [6, 6.07) is 20.7. The summed E-state index contributed by atoms with van der Waals surface area (Å²) in [6.07, 6.45) is 0. The van der Waals surface area contributed by atoms with Gasteiger partial charge < -0.3 is 9.52 Å². The van der Waals surface area contributed by atoms with E-state index < -0.39 is 5.97 Å². The van der Waals surface area contributed by atoms with E-state index in [1.54, 1.807) is 12.1 Å². The van der Waals surface area contributed by atoms with Crippen LogP contribution >= 0.6 is 0 Å². The Morgan fingerprint density at radius 1 is 0.818 bits per heavy atom. The number of aromatic carboxylic acids is 1. The van der Waals surface area contributed by atoms with Crippen molar-refractivity contribution in [2.75, 3.05) is 0 Å². The minimum absolute atomic E-state index is 0.290. The van der Waals surface area contributed by atoms with Gasteiger partial charge in [-0.2, -0.15) is 0 Å². The van der Waals surface area contributed by atoms with Gasteiger partial charge in [-0.25, -0.2) is 4.79 Å². The first kappa shape index (κ1) is 12.7. The molecule has 0 atom stereocenters. The van der Waals surface area contributed by atoms with Gasteiger partial charge in [0, 0.05) is 10.8 Å². The third-order valence-electron chi connectivity index (χ3n) is 3.85. The van der Waals surface area contributed by atoms with Crippen molar-refractivity contribution in [1.29, 1.82) is 0 Å². The molecule has 1 aromatic heterocycles. The lowest BCUT2D eigenvalue weighted by atomic mass is 9.98. The van der Waals surface area contributed by atoms with Gasteiger partial charge in [0.1, 0.15) is 11.2 Å². The van der Waals surface area contributed by atoms with Crippen molar-refractivity contribution in [1.82, 2.24) is 0 Å². The maximum absolute atomic E-state index is 11.4. The van der Waals surface area contributed by atoms with Gasteiger partial charge in [-0.15, -0.1) is 0 Å². The SMILES string of the molecule is O=C(O)c1ccccc1-c1ccc2c(c1)oc1ccccc12. The summed E-state index contributed by atoms with van der Waals surface area (Å²) in [4.78, 5) is 11.4. The van der Waals surface area contributed by atoms with Crippen LogP contribution in [-0.2, 0) is 0 Å². The Morgan fingerprint density at radius 2 is 1.55 bits per heavy atom. The number of carbonyl (C=O) groups is 1. The molecule has 0 saturated heterocycles. The fraction of sp³-hybridized carbons (Fsp3) is 0. The van der Waals surface area contributed by atoms with Gasteiger partial charge in [0.25, 0.3) is 0 Å². The molecule has 22 heavy (non-hydrogen) atoms. The van der Waals surface area contributed by atoms with Crippen LogP contribution < -0.4 is 0 Å². The minimum atomic E-state index is -0.930. The van der Waals surface area contributed by atoms with Gasteiger partial charge in [-0.1, -0.05) is 42.5 Å². The smallest absolute Gasteiger partial charge is 0.336 e. The van der Waals surface area contributed by atoms with Crippen LogP contribution in [0.5, 0.6) is 0 Å². The zero-order valence-electron chi connectivity index (χ0n) is 11.6. The van der Waals surface area contributed by atoms with Crippen molar-refractivity contribution in [3.63, 3.8) is 0 Å². The lowest BCUT2D eigenvalue weighted by Gasteiger charge is -2.05. The number of carboxylic acid groups (broad SMARTS) is 1. The number of hydrogen-bond acceptors (Lipinski definition) is 2. The van der Waals surface area contributed by atoms with E-state index in [4.69, 9.17) is 4.42 Å². The molecule has 1 heterocycles. The molecular weight excluding hydrogens is 276 g/mol. The topological polar surface area (TPSA) is 50.4 Å². The minimum Gasteiger partial charge on any atom is -0.478 e. The van der Waals surface area contributed by atoms with Gasteiger partial charge in [-0.05, 0) is 35.4 Å². The molecule has 3 aromatic carbocycles. The molecule has 0 fully saturated rings. The zero-order chi connectivity index (χ0) is 15.1. The van der Waals surface area contributed by atoms with E-state index in [9.17, 15) is 9.90 Å². The Labute approximate surface area is 126 Å². The van der Waals surface area contributed by atoms with Crippen molar-refractivity contribution >= 4 is 27.9 Å². The zero-order valence-corrected chi connectivity index (χ0v) is 11.6. The largest absolute Gasteiger partial charge is 0.478 e. The highest BCUT2D eigenvalue weighted by atomic mass is 16.4. The summed E-state index contributed by atoms with van der Waals surface area (Å²) in [5.74, 6) is -0.930. The Morgan fingerprint density at radius 3 is 2.41 bits per heavy atom. The van der Waals surface area contributed by atoms with E-state index in [0.717, 1.165) is 27.5 Å². The molecule has 3 nitrogen and oxygen atoms in total. The molecule has 0 aliphatic heterocycles. The van der Waals surface area contributed by atoms with E-state index in [-0.39, 0.29) is 5.56 Å². The summed E-state index contributed by atoms with van der Waals surface area (Å²) >= 11 is 0. The fourth-order valence-corrected chi connectivity index (χ4v) is 2.81. The molecule has 0 unspecified atom stereocenters. The molecular formula is C19H12O3. The van der Waals surface area contributed by atoms with E-state index in [0.29, 0.717) is 5.56 Å². The summed E-state index contributed by atoms with van der Waals surface area (Å²) in [7, 11) is 0. The van der Waals surface area contributed by atoms with Gasteiger partial charge in [0.15, 0.2) is 0 Å². The van der Waals surface area contributed by atoms with Crippen LogP contribution in [0, 0.1) is 0 Å². The van der Waals surface area contributed by atoms with Crippen molar-refractivity contribution in [3.05, 3.63) is 72.3 Å². The normalized spacial score (nSPS) is 11.1. The van der Waals surface area contributed by atoms with Crippen LogP contribution in [0.25, 0.3) is 33.1 Å². The van der Waals surface area contributed by atoms with Gasteiger partial charge >= 0.3 is 5.97 Å². The molecule has 3 heteroatoms. The van der Waals surface area contributed by atoms with Crippen molar-refractivity contribution in [2.24, 2.45) is 0 Å². The Bertz CT molecular complexity index is 1010. The number of furan rings is 1. The number of rotatable bonds is 2. The number of carboxylic acids is 1. The van der Waals surface area contributed by atoms with E-state index in [1.165, 1.54) is 0 Å². The Balaban J connectivity index is 1.97. The Kier molecular flexibility index (Phi) is 2.73. The quantitative estimate of drug-likeness (QED) is 0.567. The van der Waals surface area contributed by atoms with Crippen LogP contribution in [0.1, 0.15) is 10.4 Å². The van der Waals surface area contributed by atoms with Crippen molar-refractivity contribution in [3.8, 4) is 11.1 Å². The summed E-state index contributed by atoms with van der Waals surface area (Å²) in [5, 5.41) is 11.4. The summed E-state index contributed by atoms with van der Waals surface area (Å²) in [5.41, 5.74) is 3.42. The highest BCUT2D eigenvalue weighted by molar-refractivity contribution is 6.06. The molecule has 1 N–H and O–H groups in total. The van der Waals surface area contributed by atoms with Crippen LogP contribution in [0.2, 0.25) is 0 Å². The maximum atomic E-state index is 11.4. The number of para-hydroxylation sites is 1. The van der Waals surface area contributed by atoms with Gasteiger partial charge in [0.2, 0.25) is 0 Å². The molecule has 0 spiro atoms. The first-order valence-corrected chi connectivity index (χ1v) is 6.98. The lowest BCUT2D eigenvalue weighted by Crippen LogP contribution is -1.98. The second-order valence-electron chi connectivity index (χ2n) is 5.16. The van der Waals surface area contributed by atoms with Crippen LogP contribution in [0.3, 0.4) is 0 Å². The maximum Gasteiger partial charge on any atom is 0.336 e. The van der Waals surface area contributed by atoms with Crippen LogP contribution in [0.15, 0.2) is 71.1 Å². The van der Waals surface area contributed by atoms with Crippen molar-refractivity contribution in [2.45, 2.75) is 0 Å². The molecule has 4 aromatic rings. The molecule has 0 bridgehead atoms. The van der Waals surface area contributed by atoms with Gasteiger partial charge in [0.05, 0.1) is 5.56 Å². The molecule has 0 aliphatic rings. The van der Waals surface area contributed by atoms with E-state index >= 15 is 0 Å². The highest BCUT2D eigenvalue weighted by Gasteiger charge is 2.13. The lowest BCUT2D eigenvalue weighted by molar-refractivity contribution is 0.0697. The standard InChI is InChI=1S/C19H12O3/c20-19(21)16-7-2-1-5-13(16)12-9-10-15-14-6-3-4-8-17(14)22-18(15)11-12/h1-11H,(H,20,21). The van der Waals surface area contributed by atoms with Crippen LogP contribution in [0.4, 0.5) is 0 Å². The Hall–Kier alpha value is -3.07. The molecule has 0 radical (unpaired) electrons. The summed E-state index contributed by atoms with van der Waals surface area (Å²) in [6.45, 7) is 0.